The Bertz CT molecular complexity index is 692. The summed E-state index contributed by atoms with van der Waals surface area (Å²) in [5.74, 6) is 0.616. The van der Waals surface area contributed by atoms with Gasteiger partial charge in [0.05, 0.1) is 0 Å². The van der Waals surface area contributed by atoms with E-state index >= 15 is 0 Å². The lowest BCUT2D eigenvalue weighted by molar-refractivity contribution is 0.637. The molecule has 0 fully saturated rings. The number of fused-ring (bicyclic) bond motifs is 1. The summed E-state index contributed by atoms with van der Waals surface area (Å²) in [4.78, 5) is 7.20. The van der Waals surface area contributed by atoms with E-state index in [0.29, 0.717) is 11.8 Å². The molecule has 0 bridgehead atoms. The van der Waals surface area contributed by atoms with Gasteiger partial charge in [0, 0.05) is 30.2 Å². The summed E-state index contributed by atoms with van der Waals surface area (Å²) in [6.07, 6.45) is 4.07. The van der Waals surface area contributed by atoms with Gasteiger partial charge in [0.2, 0.25) is 0 Å². The van der Waals surface area contributed by atoms with Gasteiger partial charge in [-0.1, -0.05) is 30.3 Å². The van der Waals surface area contributed by atoms with Crippen molar-refractivity contribution in [3.63, 3.8) is 0 Å². The Hall–Kier alpha value is -2.20. The van der Waals surface area contributed by atoms with E-state index in [1.807, 2.05) is 18.2 Å². The van der Waals surface area contributed by atoms with Crippen molar-refractivity contribution in [3.05, 3.63) is 66.0 Å². The van der Waals surface area contributed by atoms with Crippen LogP contribution < -0.4 is 5.73 Å². The van der Waals surface area contributed by atoms with Gasteiger partial charge in [0.25, 0.3) is 0 Å². The third-order valence-corrected chi connectivity index (χ3v) is 3.27. The van der Waals surface area contributed by atoms with Crippen LogP contribution in [0.5, 0.6) is 0 Å². The zero-order valence-corrected chi connectivity index (χ0v) is 10.3. The van der Waals surface area contributed by atoms with Crippen molar-refractivity contribution >= 4 is 10.8 Å². The number of hydrogen-bond acceptors (Lipinski definition) is 2. The molecular weight excluding hydrogens is 241 g/mol. The van der Waals surface area contributed by atoms with Crippen LogP contribution in [-0.2, 0) is 6.42 Å². The predicted octanol–water partition coefficient (Wildman–Crippen LogP) is 2.94. The van der Waals surface area contributed by atoms with Crippen molar-refractivity contribution in [1.29, 1.82) is 0 Å². The first-order chi connectivity index (χ1) is 9.25. The lowest BCUT2D eigenvalue weighted by Crippen LogP contribution is -2.14. The molecule has 3 rings (SSSR count). The molecule has 1 aromatic heterocycles. The SMILES string of the molecule is NC(Cc1ncc[nH]1)c1ccc(F)c2ccccc12. The summed E-state index contributed by atoms with van der Waals surface area (Å²) >= 11 is 0. The second kappa shape index (κ2) is 4.82. The van der Waals surface area contributed by atoms with Crippen LogP contribution in [0.25, 0.3) is 10.8 Å². The molecule has 19 heavy (non-hydrogen) atoms. The summed E-state index contributed by atoms with van der Waals surface area (Å²) in [6.45, 7) is 0. The molecule has 0 aliphatic carbocycles. The Morgan fingerprint density at radius 2 is 1.95 bits per heavy atom. The summed E-state index contributed by atoms with van der Waals surface area (Å²) < 4.78 is 13.7. The van der Waals surface area contributed by atoms with Crippen LogP contribution in [0.4, 0.5) is 4.39 Å². The molecule has 0 radical (unpaired) electrons. The van der Waals surface area contributed by atoms with Gasteiger partial charge in [-0.2, -0.15) is 0 Å². The summed E-state index contributed by atoms with van der Waals surface area (Å²) in [7, 11) is 0. The van der Waals surface area contributed by atoms with Gasteiger partial charge >= 0.3 is 0 Å². The Labute approximate surface area is 110 Å². The number of benzene rings is 2. The number of nitrogens with zero attached hydrogens (tertiary/aromatic N) is 1. The second-order valence-electron chi connectivity index (χ2n) is 4.53. The van der Waals surface area contributed by atoms with Crippen LogP contribution in [0, 0.1) is 5.82 Å². The summed E-state index contributed by atoms with van der Waals surface area (Å²) in [5.41, 5.74) is 7.16. The van der Waals surface area contributed by atoms with E-state index in [9.17, 15) is 4.39 Å². The maximum atomic E-state index is 13.7. The van der Waals surface area contributed by atoms with Crippen LogP contribution in [0.3, 0.4) is 0 Å². The van der Waals surface area contributed by atoms with Crippen LogP contribution in [-0.4, -0.2) is 9.97 Å². The predicted molar refractivity (Wildman–Crippen MR) is 73.1 cm³/mol. The fourth-order valence-corrected chi connectivity index (χ4v) is 2.34. The third kappa shape index (κ3) is 2.22. The average molecular weight is 255 g/mol. The van der Waals surface area contributed by atoms with E-state index in [1.165, 1.54) is 6.07 Å². The standard InChI is InChI=1S/C15H14FN3/c16-13-6-5-12(10-3-1-2-4-11(10)13)14(17)9-15-18-7-8-19-15/h1-8,14H,9,17H2,(H,18,19). The molecule has 3 aromatic rings. The molecule has 0 aliphatic heterocycles. The Morgan fingerprint density at radius 3 is 2.68 bits per heavy atom. The highest BCUT2D eigenvalue weighted by Crippen LogP contribution is 2.26. The smallest absolute Gasteiger partial charge is 0.131 e. The zero-order chi connectivity index (χ0) is 13.2. The molecule has 0 saturated heterocycles. The average Bonchev–Trinajstić information content (AvgIpc) is 2.92. The van der Waals surface area contributed by atoms with E-state index in [2.05, 4.69) is 9.97 Å². The number of aromatic amines is 1. The molecular formula is C15H14FN3. The van der Waals surface area contributed by atoms with Gasteiger partial charge in [-0.3, -0.25) is 0 Å². The van der Waals surface area contributed by atoms with E-state index < -0.39 is 0 Å². The lowest BCUT2D eigenvalue weighted by atomic mass is 9.97. The first-order valence-electron chi connectivity index (χ1n) is 6.16. The number of H-pyrrole nitrogens is 1. The van der Waals surface area contributed by atoms with E-state index in [-0.39, 0.29) is 11.9 Å². The maximum Gasteiger partial charge on any atom is 0.131 e. The lowest BCUT2D eigenvalue weighted by Gasteiger charge is -2.14. The molecule has 0 aliphatic rings. The number of aromatic nitrogens is 2. The minimum atomic E-state index is -0.218. The third-order valence-electron chi connectivity index (χ3n) is 3.27. The van der Waals surface area contributed by atoms with Crippen molar-refractivity contribution < 1.29 is 4.39 Å². The van der Waals surface area contributed by atoms with Crippen molar-refractivity contribution in [2.45, 2.75) is 12.5 Å². The summed E-state index contributed by atoms with van der Waals surface area (Å²) in [6, 6.07) is 10.4. The van der Waals surface area contributed by atoms with Gasteiger partial charge in [-0.15, -0.1) is 0 Å². The molecule has 3 nitrogen and oxygen atoms in total. The number of halogens is 1. The highest BCUT2D eigenvalue weighted by molar-refractivity contribution is 5.86. The molecule has 4 heteroatoms. The monoisotopic (exact) mass is 255 g/mol. The van der Waals surface area contributed by atoms with Gasteiger partial charge in [-0.05, 0) is 17.0 Å². The van der Waals surface area contributed by atoms with Gasteiger partial charge in [-0.25, -0.2) is 9.37 Å². The van der Waals surface area contributed by atoms with E-state index in [4.69, 9.17) is 5.73 Å². The molecule has 1 heterocycles. The van der Waals surface area contributed by atoms with Crippen LogP contribution in [0.1, 0.15) is 17.4 Å². The summed E-state index contributed by atoms with van der Waals surface area (Å²) in [5, 5.41) is 1.47. The normalized spacial score (nSPS) is 12.7. The van der Waals surface area contributed by atoms with Crippen molar-refractivity contribution in [2.75, 3.05) is 0 Å². The maximum absolute atomic E-state index is 13.7. The topological polar surface area (TPSA) is 54.7 Å². The van der Waals surface area contributed by atoms with Crippen LogP contribution in [0.2, 0.25) is 0 Å². The molecule has 3 N–H and O–H groups in total. The fourth-order valence-electron chi connectivity index (χ4n) is 2.34. The highest BCUT2D eigenvalue weighted by atomic mass is 19.1. The van der Waals surface area contributed by atoms with Crippen LogP contribution in [0.15, 0.2) is 48.8 Å². The van der Waals surface area contributed by atoms with Crippen molar-refractivity contribution in [1.82, 2.24) is 9.97 Å². The molecule has 0 amide bonds. The number of nitrogens with one attached hydrogen (secondary N) is 1. The largest absolute Gasteiger partial charge is 0.349 e. The fraction of sp³-hybridized carbons (Fsp3) is 0.133. The number of nitrogens with two attached hydrogens (primary N) is 1. The number of rotatable bonds is 3. The quantitative estimate of drug-likeness (QED) is 0.756. The van der Waals surface area contributed by atoms with Crippen molar-refractivity contribution in [2.24, 2.45) is 5.73 Å². The molecule has 1 atom stereocenters. The number of hydrogen-bond donors (Lipinski definition) is 2. The molecule has 2 aromatic carbocycles. The molecule has 96 valence electrons. The minimum absolute atomic E-state index is 0.211. The van der Waals surface area contributed by atoms with E-state index in [1.54, 1.807) is 24.5 Å². The van der Waals surface area contributed by atoms with Gasteiger partial charge in [0.15, 0.2) is 0 Å². The molecule has 0 saturated carbocycles. The highest BCUT2D eigenvalue weighted by Gasteiger charge is 2.13. The van der Waals surface area contributed by atoms with Gasteiger partial charge < -0.3 is 10.7 Å². The molecule has 1 unspecified atom stereocenters. The molecule has 0 spiro atoms. The van der Waals surface area contributed by atoms with Crippen molar-refractivity contribution in [3.8, 4) is 0 Å². The minimum Gasteiger partial charge on any atom is -0.349 e. The first kappa shape index (κ1) is 11.9. The first-order valence-corrected chi connectivity index (χ1v) is 6.16. The second-order valence-corrected chi connectivity index (χ2v) is 4.53. The Kier molecular flexibility index (Phi) is 3.01. The zero-order valence-electron chi connectivity index (χ0n) is 10.3. The number of imidazole rings is 1. The Balaban J connectivity index is 2.03. The van der Waals surface area contributed by atoms with Crippen LogP contribution >= 0.6 is 0 Å². The van der Waals surface area contributed by atoms with E-state index in [0.717, 1.165) is 16.8 Å². The van der Waals surface area contributed by atoms with Gasteiger partial charge in [0.1, 0.15) is 11.6 Å². The Morgan fingerprint density at radius 1 is 1.16 bits per heavy atom.